The lowest BCUT2D eigenvalue weighted by Crippen LogP contribution is -2.50. The Balaban J connectivity index is 2.56. The Kier molecular flexibility index (Phi) is 3.90. The van der Waals surface area contributed by atoms with E-state index in [1.807, 2.05) is 0 Å². The fraction of sp³-hybridized carbons (Fsp3) is 0.684. The minimum Gasteiger partial charge on any atom is -0.496 e. The summed E-state index contributed by atoms with van der Waals surface area (Å²) in [6.45, 7) is 13.6. The van der Waals surface area contributed by atoms with Crippen molar-refractivity contribution in [1.29, 1.82) is 0 Å². The number of benzene rings is 1. The molecule has 0 spiro atoms. The molecule has 0 heterocycles. The highest BCUT2D eigenvalue weighted by molar-refractivity contribution is 5.49. The van der Waals surface area contributed by atoms with Gasteiger partial charge in [0, 0.05) is 11.1 Å². The molecule has 0 bridgehead atoms. The first-order valence-electron chi connectivity index (χ1n) is 7.93. The molecule has 0 saturated heterocycles. The SMILES string of the molecule is COc1c(C2(N)CC(C)(C)CC(C)(C)C2)ccc(C)c1C. The van der Waals surface area contributed by atoms with E-state index in [1.54, 1.807) is 7.11 Å². The lowest BCUT2D eigenvalue weighted by molar-refractivity contribution is 0.0459. The maximum absolute atomic E-state index is 6.95. The second-order valence-electron chi connectivity index (χ2n) is 8.60. The standard InChI is InChI=1S/C19H31NO/c1-13-8-9-15(16(21-7)14(13)2)19(20)11-17(3,4)10-18(5,6)12-19/h8-9H,10-12,20H2,1-7H3. The van der Waals surface area contributed by atoms with Gasteiger partial charge in [0.25, 0.3) is 0 Å². The van der Waals surface area contributed by atoms with Crippen molar-refractivity contribution in [3.05, 3.63) is 28.8 Å². The monoisotopic (exact) mass is 289 g/mol. The Hall–Kier alpha value is -1.02. The molecular weight excluding hydrogens is 258 g/mol. The van der Waals surface area contributed by atoms with Crippen LogP contribution in [0.15, 0.2) is 12.1 Å². The first-order valence-corrected chi connectivity index (χ1v) is 7.93. The van der Waals surface area contributed by atoms with E-state index in [1.165, 1.54) is 23.1 Å². The zero-order chi connectivity index (χ0) is 16.1. The van der Waals surface area contributed by atoms with Crippen LogP contribution < -0.4 is 10.5 Å². The van der Waals surface area contributed by atoms with E-state index >= 15 is 0 Å². The predicted octanol–water partition coefficient (Wildman–Crippen LogP) is 4.70. The lowest BCUT2D eigenvalue weighted by atomic mass is 9.57. The molecule has 118 valence electrons. The molecule has 1 aliphatic rings. The summed E-state index contributed by atoms with van der Waals surface area (Å²) in [5.41, 5.74) is 10.8. The Labute approximate surface area is 130 Å². The van der Waals surface area contributed by atoms with Crippen LogP contribution in [0.25, 0.3) is 0 Å². The van der Waals surface area contributed by atoms with Crippen LogP contribution in [0.2, 0.25) is 0 Å². The summed E-state index contributed by atoms with van der Waals surface area (Å²) in [6.07, 6.45) is 3.22. The van der Waals surface area contributed by atoms with Crippen molar-refractivity contribution < 1.29 is 4.74 Å². The van der Waals surface area contributed by atoms with Gasteiger partial charge >= 0.3 is 0 Å². The van der Waals surface area contributed by atoms with Crippen LogP contribution >= 0.6 is 0 Å². The van der Waals surface area contributed by atoms with E-state index in [0.29, 0.717) is 0 Å². The van der Waals surface area contributed by atoms with Crippen LogP contribution in [0.3, 0.4) is 0 Å². The maximum Gasteiger partial charge on any atom is 0.127 e. The van der Waals surface area contributed by atoms with Crippen LogP contribution in [0.5, 0.6) is 5.75 Å². The number of methoxy groups -OCH3 is 1. The van der Waals surface area contributed by atoms with E-state index < -0.39 is 0 Å². The predicted molar refractivity (Wildman–Crippen MR) is 89.7 cm³/mol. The number of ether oxygens (including phenoxy) is 1. The summed E-state index contributed by atoms with van der Waals surface area (Å²) in [4.78, 5) is 0. The number of hydrogen-bond acceptors (Lipinski definition) is 2. The van der Waals surface area contributed by atoms with Crippen molar-refractivity contribution in [1.82, 2.24) is 0 Å². The Morgan fingerprint density at radius 3 is 1.95 bits per heavy atom. The molecule has 0 aromatic heterocycles. The molecule has 1 fully saturated rings. The molecule has 2 nitrogen and oxygen atoms in total. The lowest BCUT2D eigenvalue weighted by Gasteiger charge is -2.51. The zero-order valence-corrected chi connectivity index (χ0v) is 14.8. The first kappa shape index (κ1) is 16.4. The topological polar surface area (TPSA) is 35.2 Å². The van der Waals surface area contributed by atoms with E-state index in [9.17, 15) is 0 Å². The van der Waals surface area contributed by atoms with Gasteiger partial charge in [-0.1, -0.05) is 39.8 Å². The van der Waals surface area contributed by atoms with Crippen LogP contribution in [-0.4, -0.2) is 7.11 Å². The molecular formula is C19H31NO. The average Bonchev–Trinajstić information content (AvgIpc) is 2.27. The van der Waals surface area contributed by atoms with Crippen molar-refractivity contribution in [3.63, 3.8) is 0 Å². The normalized spacial score (nSPS) is 22.9. The number of rotatable bonds is 2. The van der Waals surface area contributed by atoms with E-state index in [4.69, 9.17) is 10.5 Å². The minimum atomic E-state index is -0.310. The summed E-state index contributed by atoms with van der Waals surface area (Å²) in [6, 6.07) is 4.36. The highest BCUT2D eigenvalue weighted by Crippen LogP contribution is 2.54. The molecule has 0 aliphatic heterocycles. The molecule has 1 aromatic rings. The second kappa shape index (κ2) is 5.01. The van der Waals surface area contributed by atoms with Crippen LogP contribution in [0.1, 0.15) is 63.6 Å². The fourth-order valence-electron chi connectivity index (χ4n) is 4.83. The molecule has 0 radical (unpaired) electrons. The van der Waals surface area contributed by atoms with Crippen LogP contribution in [0, 0.1) is 24.7 Å². The Morgan fingerprint density at radius 2 is 1.48 bits per heavy atom. The van der Waals surface area contributed by atoms with Crippen molar-refractivity contribution >= 4 is 0 Å². The van der Waals surface area contributed by atoms with E-state index in [2.05, 4.69) is 53.7 Å². The largest absolute Gasteiger partial charge is 0.496 e. The molecule has 0 atom stereocenters. The van der Waals surface area contributed by atoms with Crippen molar-refractivity contribution in [2.75, 3.05) is 7.11 Å². The van der Waals surface area contributed by atoms with E-state index in [0.717, 1.165) is 18.6 Å². The smallest absolute Gasteiger partial charge is 0.127 e. The summed E-state index contributed by atoms with van der Waals surface area (Å²) >= 11 is 0. The summed E-state index contributed by atoms with van der Waals surface area (Å²) < 4.78 is 5.73. The van der Waals surface area contributed by atoms with Gasteiger partial charge in [0.2, 0.25) is 0 Å². The van der Waals surface area contributed by atoms with Gasteiger partial charge in [-0.15, -0.1) is 0 Å². The quantitative estimate of drug-likeness (QED) is 0.856. The van der Waals surface area contributed by atoms with Gasteiger partial charge in [0.1, 0.15) is 5.75 Å². The summed E-state index contributed by atoms with van der Waals surface area (Å²) in [7, 11) is 1.76. The van der Waals surface area contributed by atoms with Gasteiger partial charge in [-0.25, -0.2) is 0 Å². The highest BCUT2D eigenvalue weighted by atomic mass is 16.5. The fourth-order valence-corrected chi connectivity index (χ4v) is 4.83. The van der Waals surface area contributed by atoms with Gasteiger partial charge in [-0.05, 0) is 55.1 Å². The Bertz CT molecular complexity index is 527. The maximum atomic E-state index is 6.95. The number of nitrogens with two attached hydrogens (primary N) is 1. The van der Waals surface area contributed by atoms with Gasteiger partial charge < -0.3 is 10.5 Å². The third kappa shape index (κ3) is 3.11. The first-order chi connectivity index (χ1) is 9.50. The molecule has 1 saturated carbocycles. The van der Waals surface area contributed by atoms with Gasteiger partial charge in [-0.3, -0.25) is 0 Å². The van der Waals surface area contributed by atoms with Crippen molar-refractivity contribution in [2.45, 2.75) is 66.3 Å². The molecule has 1 aliphatic carbocycles. The van der Waals surface area contributed by atoms with Crippen LogP contribution in [-0.2, 0) is 5.54 Å². The second-order valence-corrected chi connectivity index (χ2v) is 8.60. The third-order valence-electron chi connectivity index (χ3n) is 4.96. The molecule has 1 aromatic carbocycles. The number of hydrogen-bond donors (Lipinski definition) is 1. The number of aryl methyl sites for hydroxylation is 1. The molecule has 0 amide bonds. The highest BCUT2D eigenvalue weighted by Gasteiger charge is 2.47. The van der Waals surface area contributed by atoms with Crippen LogP contribution in [0.4, 0.5) is 0 Å². The van der Waals surface area contributed by atoms with Crippen molar-refractivity contribution in [3.8, 4) is 5.75 Å². The summed E-state index contributed by atoms with van der Waals surface area (Å²) in [5, 5.41) is 0. The molecule has 2 heteroatoms. The van der Waals surface area contributed by atoms with Gasteiger partial charge in [0.05, 0.1) is 7.11 Å². The third-order valence-corrected chi connectivity index (χ3v) is 4.96. The zero-order valence-electron chi connectivity index (χ0n) is 14.8. The molecule has 2 N–H and O–H groups in total. The molecule has 21 heavy (non-hydrogen) atoms. The Morgan fingerprint density at radius 1 is 0.952 bits per heavy atom. The van der Waals surface area contributed by atoms with E-state index in [-0.39, 0.29) is 16.4 Å². The van der Waals surface area contributed by atoms with Gasteiger partial charge in [0.15, 0.2) is 0 Å². The van der Waals surface area contributed by atoms with Gasteiger partial charge in [-0.2, -0.15) is 0 Å². The summed E-state index contributed by atoms with van der Waals surface area (Å²) in [5.74, 6) is 0.978. The molecule has 2 rings (SSSR count). The average molecular weight is 289 g/mol. The van der Waals surface area contributed by atoms with Crippen molar-refractivity contribution in [2.24, 2.45) is 16.6 Å². The molecule has 0 unspecified atom stereocenters. The minimum absolute atomic E-state index is 0.250.